The number of carbonyl (C=O) groups is 1. The third kappa shape index (κ3) is 2.33. The van der Waals surface area contributed by atoms with Crippen LogP contribution in [0.5, 0.6) is 0 Å². The Bertz CT molecular complexity index is 286. The summed E-state index contributed by atoms with van der Waals surface area (Å²) in [6.07, 6.45) is 3.61. The number of aliphatic carboxylic acids is 1. The fourth-order valence-electron chi connectivity index (χ4n) is 3.06. The lowest BCUT2D eigenvalue weighted by Crippen LogP contribution is -2.59. The monoisotopic (exact) mass is 241 g/mol. The van der Waals surface area contributed by atoms with E-state index < -0.39 is 11.5 Å². The van der Waals surface area contributed by atoms with Gasteiger partial charge in [0.05, 0.1) is 6.10 Å². The van der Waals surface area contributed by atoms with E-state index in [1.807, 2.05) is 0 Å². The van der Waals surface area contributed by atoms with Gasteiger partial charge >= 0.3 is 5.97 Å². The smallest absolute Gasteiger partial charge is 0.324 e. The fourth-order valence-corrected chi connectivity index (χ4v) is 3.06. The molecule has 0 saturated carbocycles. The molecule has 4 nitrogen and oxygen atoms in total. The average molecular weight is 241 g/mol. The number of hydrogen-bond acceptors (Lipinski definition) is 3. The minimum Gasteiger partial charge on any atom is -0.480 e. The lowest BCUT2D eigenvalue weighted by atomic mass is 9.82. The van der Waals surface area contributed by atoms with Crippen LogP contribution in [0.2, 0.25) is 0 Å². The zero-order valence-electron chi connectivity index (χ0n) is 10.8. The second-order valence-electron chi connectivity index (χ2n) is 5.64. The van der Waals surface area contributed by atoms with Crippen molar-refractivity contribution >= 4 is 5.97 Å². The SMILES string of the molecule is CC(C)C1CC(C(=O)O)(N2CCCC2)CCO1. The molecule has 4 heteroatoms. The van der Waals surface area contributed by atoms with Crippen LogP contribution in [-0.4, -0.2) is 47.3 Å². The number of ether oxygens (including phenoxy) is 1. The third-order valence-corrected chi connectivity index (χ3v) is 4.24. The van der Waals surface area contributed by atoms with Crippen LogP contribution in [0, 0.1) is 5.92 Å². The first-order valence-corrected chi connectivity index (χ1v) is 6.66. The van der Waals surface area contributed by atoms with Crippen molar-refractivity contribution in [3.63, 3.8) is 0 Å². The van der Waals surface area contributed by atoms with E-state index >= 15 is 0 Å². The minimum atomic E-state index is -0.663. The molecule has 0 radical (unpaired) electrons. The van der Waals surface area contributed by atoms with Crippen LogP contribution in [0.4, 0.5) is 0 Å². The Morgan fingerprint density at radius 3 is 2.59 bits per heavy atom. The molecule has 17 heavy (non-hydrogen) atoms. The first-order chi connectivity index (χ1) is 8.06. The molecule has 0 amide bonds. The second kappa shape index (κ2) is 4.94. The highest BCUT2D eigenvalue weighted by Gasteiger charge is 2.49. The van der Waals surface area contributed by atoms with Gasteiger partial charge in [-0.1, -0.05) is 13.8 Å². The molecule has 2 fully saturated rings. The summed E-state index contributed by atoms with van der Waals surface area (Å²) in [5.74, 6) is -0.273. The van der Waals surface area contributed by atoms with E-state index in [2.05, 4.69) is 18.7 Å². The lowest BCUT2D eigenvalue weighted by molar-refractivity contribution is -0.164. The van der Waals surface area contributed by atoms with Crippen LogP contribution in [0.15, 0.2) is 0 Å². The lowest BCUT2D eigenvalue weighted by Gasteiger charge is -2.44. The molecule has 0 aromatic rings. The molecular weight excluding hydrogens is 218 g/mol. The summed E-state index contributed by atoms with van der Waals surface area (Å²) in [5.41, 5.74) is -0.663. The minimum absolute atomic E-state index is 0.0837. The molecule has 98 valence electrons. The van der Waals surface area contributed by atoms with E-state index in [0.29, 0.717) is 25.4 Å². The zero-order chi connectivity index (χ0) is 12.5. The van der Waals surface area contributed by atoms with Crippen molar-refractivity contribution in [1.29, 1.82) is 0 Å². The normalized spacial score (nSPS) is 35.4. The Balaban J connectivity index is 2.18. The molecule has 0 aromatic carbocycles. The van der Waals surface area contributed by atoms with Crippen LogP contribution in [0.1, 0.15) is 39.5 Å². The summed E-state index contributed by atoms with van der Waals surface area (Å²) < 4.78 is 5.71. The number of likely N-dealkylation sites (tertiary alicyclic amines) is 1. The second-order valence-corrected chi connectivity index (χ2v) is 5.64. The van der Waals surface area contributed by atoms with E-state index in [-0.39, 0.29) is 6.10 Å². The molecule has 2 saturated heterocycles. The fraction of sp³-hybridized carbons (Fsp3) is 0.923. The third-order valence-electron chi connectivity index (χ3n) is 4.24. The Kier molecular flexibility index (Phi) is 3.73. The van der Waals surface area contributed by atoms with Gasteiger partial charge in [0.15, 0.2) is 0 Å². The maximum Gasteiger partial charge on any atom is 0.324 e. The average Bonchev–Trinajstić information content (AvgIpc) is 2.82. The van der Waals surface area contributed by atoms with Crippen molar-refractivity contribution in [1.82, 2.24) is 4.90 Å². The predicted octanol–water partition coefficient (Wildman–Crippen LogP) is 1.74. The van der Waals surface area contributed by atoms with Crippen LogP contribution < -0.4 is 0 Å². The van der Waals surface area contributed by atoms with Gasteiger partial charge in [-0.2, -0.15) is 0 Å². The van der Waals surface area contributed by atoms with Crippen molar-refractivity contribution in [2.24, 2.45) is 5.92 Å². The highest BCUT2D eigenvalue weighted by Crippen LogP contribution is 2.36. The number of carboxylic acid groups (broad SMARTS) is 1. The Labute approximate surface area is 103 Å². The molecule has 2 unspecified atom stereocenters. The summed E-state index contributed by atoms with van der Waals surface area (Å²) in [6, 6.07) is 0. The largest absolute Gasteiger partial charge is 0.480 e. The summed E-state index contributed by atoms with van der Waals surface area (Å²) in [4.78, 5) is 13.9. The molecule has 2 aliphatic heterocycles. The Hall–Kier alpha value is -0.610. The van der Waals surface area contributed by atoms with Gasteiger partial charge in [-0.15, -0.1) is 0 Å². The van der Waals surface area contributed by atoms with Gasteiger partial charge < -0.3 is 9.84 Å². The number of carboxylic acids is 1. The molecule has 0 spiro atoms. The molecule has 2 rings (SSSR count). The van der Waals surface area contributed by atoms with Crippen LogP contribution in [0.3, 0.4) is 0 Å². The van der Waals surface area contributed by atoms with Crippen molar-refractivity contribution in [3.05, 3.63) is 0 Å². The molecule has 0 aromatic heterocycles. The molecule has 2 atom stereocenters. The highest BCUT2D eigenvalue weighted by molar-refractivity contribution is 5.79. The van der Waals surface area contributed by atoms with Gasteiger partial charge in [-0.05, 0) is 38.3 Å². The van der Waals surface area contributed by atoms with Gasteiger partial charge in [-0.25, -0.2) is 0 Å². The Morgan fingerprint density at radius 1 is 1.41 bits per heavy atom. The molecule has 2 heterocycles. The highest BCUT2D eigenvalue weighted by atomic mass is 16.5. The molecule has 0 aliphatic carbocycles. The molecular formula is C13H23NO3. The van der Waals surface area contributed by atoms with Gasteiger partial charge in [0.2, 0.25) is 0 Å². The van der Waals surface area contributed by atoms with Gasteiger partial charge in [0.1, 0.15) is 5.54 Å². The molecule has 0 bridgehead atoms. The van der Waals surface area contributed by atoms with Crippen molar-refractivity contribution in [2.45, 2.75) is 51.2 Å². The maximum atomic E-state index is 11.7. The molecule has 2 aliphatic rings. The van der Waals surface area contributed by atoms with Gasteiger partial charge in [-0.3, -0.25) is 9.69 Å². The summed E-state index contributed by atoms with van der Waals surface area (Å²) in [5, 5.41) is 9.65. The number of nitrogens with zero attached hydrogens (tertiary/aromatic N) is 1. The predicted molar refractivity (Wildman–Crippen MR) is 65.0 cm³/mol. The topological polar surface area (TPSA) is 49.8 Å². The maximum absolute atomic E-state index is 11.7. The number of rotatable bonds is 3. The van der Waals surface area contributed by atoms with Gasteiger partial charge in [0, 0.05) is 13.0 Å². The first-order valence-electron chi connectivity index (χ1n) is 6.66. The summed E-state index contributed by atoms with van der Waals surface area (Å²) in [7, 11) is 0. The first kappa shape index (κ1) is 12.8. The zero-order valence-corrected chi connectivity index (χ0v) is 10.8. The van der Waals surface area contributed by atoms with Crippen molar-refractivity contribution < 1.29 is 14.6 Å². The van der Waals surface area contributed by atoms with Gasteiger partial charge in [0.25, 0.3) is 0 Å². The van der Waals surface area contributed by atoms with Crippen LogP contribution in [0.25, 0.3) is 0 Å². The van der Waals surface area contributed by atoms with E-state index in [9.17, 15) is 9.90 Å². The van der Waals surface area contributed by atoms with E-state index in [1.165, 1.54) is 0 Å². The standard InChI is InChI=1S/C13H23NO3/c1-10(2)11-9-13(12(15)16,5-8-17-11)14-6-3-4-7-14/h10-11H,3-9H2,1-2H3,(H,15,16). The summed E-state index contributed by atoms with van der Waals surface area (Å²) >= 11 is 0. The van der Waals surface area contributed by atoms with Crippen molar-refractivity contribution in [2.75, 3.05) is 19.7 Å². The Morgan fingerprint density at radius 2 is 2.06 bits per heavy atom. The van der Waals surface area contributed by atoms with Crippen LogP contribution >= 0.6 is 0 Å². The summed E-state index contributed by atoms with van der Waals surface area (Å²) in [6.45, 7) is 6.64. The van der Waals surface area contributed by atoms with E-state index in [0.717, 1.165) is 25.9 Å². The van der Waals surface area contributed by atoms with Crippen LogP contribution in [-0.2, 0) is 9.53 Å². The van der Waals surface area contributed by atoms with Crippen molar-refractivity contribution in [3.8, 4) is 0 Å². The van der Waals surface area contributed by atoms with E-state index in [4.69, 9.17) is 4.74 Å². The number of hydrogen-bond donors (Lipinski definition) is 1. The van der Waals surface area contributed by atoms with E-state index in [1.54, 1.807) is 0 Å². The quantitative estimate of drug-likeness (QED) is 0.817. The molecule has 1 N–H and O–H groups in total.